The molecule has 1 aliphatic heterocycles. The van der Waals surface area contributed by atoms with Crippen molar-refractivity contribution in [3.8, 4) is 9.88 Å². The minimum absolute atomic E-state index is 0.116. The number of benzene rings is 1. The molecule has 0 bridgehead atoms. The number of nitrogens with zero attached hydrogens (tertiary/aromatic N) is 2. The highest BCUT2D eigenvalue weighted by Crippen LogP contribution is 2.34. The van der Waals surface area contributed by atoms with Crippen LogP contribution in [0, 0.1) is 11.8 Å². The lowest BCUT2D eigenvalue weighted by Crippen LogP contribution is -2.44. The molecule has 28 heavy (non-hydrogen) atoms. The van der Waals surface area contributed by atoms with Gasteiger partial charge in [-0.1, -0.05) is 26.0 Å². The molecule has 4 rings (SSSR count). The summed E-state index contributed by atoms with van der Waals surface area (Å²) in [7, 11) is 0. The van der Waals surface area contributed by atoms with Crippen LogP contribution in [0.15, 0.2) is 36.4 Å². The van der Waals surface area contributed by atoms with Crippen molar-refractivity contribution in [3.05, 3.63) is 41.3 Å². The number of fused-ring (bicyclic) bond motifs is 1. The monoisotopic (exact) mass is 414 g/mol. The van der Waals surface area contributed by atoms with Gasteiger partial charge in [0.1, 0.15) is 9.88 Å². The Hall–Kier alpha value is -2.25. The molecule has 0 N–H and O–H groups in total. The Bertz CT molecular complexity index is 967. The van der Waals surface area contributed by atoms with Crippen molar-refractivity contribution in [2.45, 2.75) is 20.3 Å². The molecule has 0 radical (unpaired) electrons. The van der Waals surface area contributed by atoms with Crippen LogP contribution in [0.5, 0.6) is 0 Å². The molecule has 2 unspecified atom stereocenters. The number of ether oxygens (including phenoxy) is 1. The Morgan fingerprint density at radius 1 is 1.11 bits per heavy atom. The molecule has 3 aromatic rings. The number of likely N-dealkylation sites (tertiary alicyclic amines) is 1. The summed E-state index contributed by atoms with van der Waals surface area (Å²) >= 11 is 2.95. The summed E-state index contributed by atoms with van der Waals surface area (Å²) in [6.07, 6.45) is 1.13. The molecule has 0 spiro atoms. The maximum Gasteiger partial charge on any atom is 0.348 e. The molecule has 2 aromatic heterocycles. The highest BCUT2D eigenvalue weighted by molar-refractivity contribution is 7.26. The van der Waals surface area contributed by atoms with E-state index >= 15 is 0 Å². The predicted octanol–water partition coefficient (Wildman–Crippen LogP) is 4.69. The fraction of sp³-hybridized carbons (Fsp3) is 0.381. The van der Waals surface area contributed by atoms with E-state index in [-0.39, 0.29) is 12.5 Å². The Morgan fingerprint density at radius 2 is 1.86 bits per heavy atom. The summed E-state index contributed by atoms with van der Waals surface area (Å²) in [5.41, 5.74) is 0.954. The Labute approximate surface area is 172 Å². The number of rotatable bonds is 4. The Kier molecular flexibility index (Phi) is 5.46. The molecule has 1 aromatic carbocycles. The number of para-hydroxylation sites is 1. The van der Waals surface area contributed by atoms with Gasteiger partial charge in [-0.15, -0.1) is 22.7 Å². The van der Waals surface area contributed by atoms with Gasteiger partial charge in [0.2, 0.25) is 0 Å². The molecule has 0 saturated carbocycles. The van der Waals surface area contributed by atoms with E-state index in [4.69, 9.17) is 4.74 Å². The topological polar surface area (TPSA) is 59.5 Å². The summed E-state index contributed by atoms with van der Waals surface area (Å²) in [4.78, 5) is 32.6. The summed E-state index contributed by atoms with van der Waals surface area (Å²) < 4.78 is 6.40. The average molecular weight is 415 g/mol. The Morgan fingerprint density at radius 3 is 2.61 bits per heavy atom. The standard InChI is InChI=1S/C21H22N2O3S2/c1-13-9-14(2)11-23(10-13)19(24)12-26-21(25)18-8-7-17(27-18)20-22-15-5-3-4-6-16(15)28-20/h3-8,13-14H,9-12H2,1-2H3. The highest BCUT2D eigenvalue weighted by atomic mass is 32.1. The van der Waals surface area contributed by atoms with Crippen LogP contribution >= 0.6 is 22.7 Å². The van der Waals surface area contributed by atoms with Gasteiger partial charge in [0.05, 0.1) is 15.1 Å². The van der Waals surface area contributed by atoms with Crippen LogP contribution in [0.3, 0.4) is 0 Å². The fourth-order valence-corrected chi connectivity index (χ4v) is 5.62. The third-order valence-electron chi connectivity index (χ3n) is 4.86. The third-order valence-corrected chi connectivity index (χ3v) is 7.13. The number of hydrogen-bond acceptors (Lipinski definition) is 6. The summed E-state index contributed by atoms with van der Waals surface area (Å²) in [5.74, 6) is 0.396. The van der Waals surface area contributed by atoms with E-state index in [1.165, 1.54) is 11.3 Å². The predicted molar refractivity (Wildman–Crippen MR) is 113 cm³/mol. The molecule has 1 saturated heterocycles. The fourth-order valence-electron chi connectivity index (χ4n) is 3.70. The maximum absolute atomic E-state index is 12.4. The molecule has 1 aliphatic rings. The zero-order chi connectivity index (χ0) is 19.7. The largest absolute Gasteiger partial charge is 0.451 e. The minimum Gasteiger partial charge on any atom is -0.451 e. The van der Waals surface area contributed by atoms with Gasteiger partial charge in [0.25, 0.3) is 5.91 Å². The van der Waals surface area contributed by atoms with E-state index in [1.54, 1.807) is 17.4 Å². The maximum atomic E-state index is 12.4. The van der Waals surface area contributed by atoms with E-state index in [2.05, 4.69) is 18.8 Å². The second-order valence-corrected chi connectivity index (χ2v) is 9.59. The van der Waals surface area contributed by atoms with E-state index < -0.39 is 5.97 Å². The SMILES string of the molecule is CC1CC(C)CN(C(=O)COC(=O)c2ccc(-c3nc4ccccc4s3)s2)C1. The van der Waals surface area contributed by atoms with Gasteiger partial charge in [0, 0.05) is 13.1 Å². The molecular formula is C21H22N2O3S2. The van der Waals surface area contributed by atoms with E-state index in [1.807, 2.05) is 35.2 Å². The smallest absolute Gasteiger partial charge is 0.348 e. The van der Waals surface area contributed by atoms with Crippen LogP contribution in [0.4, 0.5) is 0 Å². The number of aromatic nitrogens is 1. The molecular weight excluding hydrogens is 392 g/mol. The number of carbonyl (C=O) groups is 2. The van der Waals surface area contributed by atoms with Crippen molar-refractivity contribution in [2.75, 3.05) is 19.7 Å². The van der Waals surface area contributed by atoms with Gasteiger partial charge in [-0.25, -0.2) is 9.78 Å². The first-order valence-electron chi connectivity index (χ1n) is 9.40. The Balaban J connectivity index is 1.38. The van der Waals surface area contributed by atoms with Crippen LogP contribution in [0.2, 0.25) is 0 Å². The van der Waals surface area contributed by atoms with Gasteiger partial charge < -0.3 is 9.64 Å². The molecule has 0 aliphatic carbocycles. The molecule has 2 atom stereocenters. The molecule has 7 heteroatoms. The zero-order valence-corrected chi connectivity index (χ0v) is 17.5. The number of thiophene rings is 1. The number of piperidine rings is 1. The second kappa shape index (κ2) is 8.01. The average Bonchev–Trinajstić information content (AvgIpc) is 3.31. The second-order valence-electron chi connectivity index (χ2n) is 7.47. The first kappa shape index (κ1) is 19.1. The van der Waals surface area contributed by atoms with Crippen LogP contribution in [-0.2, 0) is 9.53 Å². The van der Waals surface area contributed by atoms with Crippen molar-refractivity contribution < 1.29 is 14.3 Å². The van der Waals surface area contributed by atoms with Crippen molar-refractivity contribution >= 4 is 44.8 Å². The zero-order valence-electron chi connectivity index (χ0n) is 15.9. The lowest BCUT2D eigenvalue weighted by molar-refractivity contribution is -0.137. The van der Waals surface area contributed by atoms with Crippen LogP contribution in [0.1, 0.15) is 29.9 Å². The summed E-state index contributed by atoms with van der Waals surface area (Å²) in [6.45, 7) is 5.57. The first-order valence-corrected chi connectivity index (χ1v) is 11.0. The minimum atomic E-state index is -0.455. The molecule has 5 nitrogen and oxygen atoms in total. The van der Waals surface area contributed by atoms with Crippen molar-refractivity contribution in [1.82, 2.24) is 9.88 Å². The number of esters is 1. The first-order chi connectivity index (χ1) is 13.5. The van der Waals surface area contributed by atoms with Crippen molar-refractivity contribution in [3.63, 3.8) is 0 Å². The molecule has 3 heterocycles. The van der Waals surface area contributed by atoms with E-state index in [0.29, 0.717) is 16.7 Å². The quantitative estimate of drug-likeness (QED) is 0.581. The van der Waals surface area contributed by atoms with E-state index in [0.717, 1.165) is 39.6 Å². The lowest BCUT2D eigenvalue weighted by Gasteiger charge is -2.34. The van der Waals surface area contributed by atoms with Gasteiger partial charge >= 0.3 is 5.97 Å². The van der Waals surface area contributed by atoms with Crippen LogP contribution in [0.25, 0.3) is 20.1 Å². The number of thiazole rings is 1. The van der Waals surface area contributed by atoms with Crippen LogP contribution < -0.4 is 0 Å². The van der Waals surface area contributed by atoms with Crippen molar-refractivity contribution in [1.29, 1.82) is 0 Å². The molecule has 1 amide bonds. The molecule has 146 valence electrons. The van der Waals surface area contributed by atoms with Crippen LogP contribution in [-0.4, -0.2) is 41.5 Å². The summed E-state index contributed by atoms with van der Waals surface area (Å²) in [6, 6.07) is 11.6. The van der Waals surface area contributed by atoms with Crippen molar-refractivity contribution in [2.24, 2.45) is 11.8 Å². The van der Waals surface area contributed by atoms with Gasteiger partial charge in [-0.3, -0.25) is 4.79 Å². The highest BCUT2D eigenvalue weighted by Gasteiger charge is 2.26. The van der Waals surface area contributed by atoms with Gasteiger partial charge in [-0.05, 0) is 42.5 Å². The number of carbonyl (C=O) groups excluding carboxylic acids is 2. The molecule has 1 fully saturated rings. The number of amides is 1. The lowest BCUT2D eigenvalue weighted by atomic mass is 9.92. The number of hydrogen-bond donors (Lipinski definition) is 0. The van der Waals surface area contributed by atoms with Gasteiger partial charge in [-0.2, -0.15) is 0 Å². The normalized spacial score (nSPS) is 19.7. The van der Waals surface area contributed by atoms with Gasteiger partial charge in [0.15, 0.2) is 6.61 Å². The third kappa shape index (κ3) is 4.10. The van der Waals surface area contributed by atoms with E-state index in [9.17, 15) is 9.59 Å². The summed E-state index contributed by atoms with van der Waals surface area (Å²) in [5, 5.41) is 0.887.